The standard InChI is InChI=1S/C65H115N6O18P/c1-6-9-11-13-15-17-19-21-23-25-27-29-34-38-56(74)84-46-51(88-57(75)39-35-30-28-26-24-22-20-18-16-14-12-10-7-2)47-86-90(82,83)85-43-42-68-62(78)49(5)71(55(73)41-40-53(61(67)77)69-64(80)52(66)8-3)44-48(4)87-60-58(65(81)89-54(45-72)59(60)76)70-63(79)50-36-32-31-33-37-50/h31-33,36-37,48-49,51-54,58-60,65,72,76,81H,6-30,34-35,38-47,66H2,1-5H3,(H2,67,77)(H,68,78)(H,69,80)(H,70,79)(H,82,83)/t48?,49-,51+,52?,53+,54+,58+,59+,60+,65-/m0/s1. The first-order valence-corrected chi connectivity index (χ1v) is 35.2. The number of benzene rings is 1. The highest BCUT2D eigenvalue weighted by molar-refractivity contribution is 7.47. The first-order chi connectivity index (χ1) is 43.2. The Morgan fingerprint density at radius 1 is 0.689 bits per heavy atom. The van der Waals surface area contributed by atoms with E-state index >= 15 is 0 Å². The third-order valence-corrected chi connectivity index (χ3v) is 17.1. The van der Waals surface area contributed by atoms with Crippen LogP contribution in [0.2, 0.25) is 0 Å². The number of primary amides is 1. The molecule has 1 aliphatic heterocycles. The van der Waals surface area contributed by atoms with E-state index in [0.29, 0.717) is 12.8 Å². The number of unbranched alkanes of at least 4 members (excludes halogenated alkanes) is 24. The molecule has 1 aromatic carbocycles. The molecule has 24 nitrogen and oxygen atoms in total. The molecule has 2 rings (SSSR count). The van der Waals surface area contributed by atoms with Crippen LogP contribution >= 0.6 is 7.82 Å². The van der Waals surface area contributed by atoms with Gasteiger partial charge >= 0.3 is 19.8 Å². The fourth-order valence-electron chi connectivity index (χ4n) is 10.5. The van der Waals surface area contributed by atoms with E-state index in [1.807, 2.05) is 0 Å². The maximum atomic E-state index is 14.2. The lowest BCUT2D eigenvalue weighted by atomic mass is 9.96. The minimum absolute atomic E-state index is 0.0887. The minimum atomic E-state index is -4.91. The van der Waals surface area contributed by atoms with E-state index in [2.05, 4.69) is 29.8 Å². The molecule has 1 heterocycles. The lowest BCUT2D eigenvalue weighted by Gasteiger charge is -2.44. The van der Waals surface area contributed by atoms with Gasteiger partial charge in [0.25, 0.3) is 5.91 Å². The molecule has 90 heavy (non-hydrogen) atoms. The van der Waals surface area contributed by atoms with Crippen LogP contribution in [-0.4, -0.2) is 167 Å². The highest BCUT2D eigenvalue weighted by Crippen LogP contribution is 2.43. The second-order valence-electron chi connectivity index (χ2n) is 23.9. The minimum Gasteiger partial charge on any atom is -0.462 e. The van der Waals surface area contributed by atoms with E-state index in [9.17, 15) is 58.3 Å². The highest BCUT2D eigenvalue weighted by Gasteiger charge is 2.47. The predicted molar refractivity (Wildman–Crippen MR) is 342 cm³/mol. The van der Waals surface area contributed by atoms with Crippen molar-refractivity contribution in [1.29, 1.82) is 0 Å². The topological polar surface area (TPSA) is 364 Å². The first-order valence-electron chi connectivity index (χ1n) is 33.7. The van der Waals surface area contributed by atoms with E-state index in [0.717, 1.165) is 56.3 Å². The number of aliphatic hydroxyl groups is 3. The Bertz CT molecular complexity index is 2200. The number of rotatable bonds is 54. The molecule has 0 spiro atoms. The van der Waals surface area contributed by atoms with Crippen LogP contribution in [0.3, 0.4) is 0 Å². The summed E-state index contributed by atoms with van der Waals surface area (Å²) in [5.41, 5.74) is 11.6. The Morgan fingerprint density at radius 3 is 1.70 bits per heavy atom. The van der Waals surface area contributed by atoms with Crippen molar-refractivity contribution in [2.45, 2.75) is 295 Å². The molecule has 0 aromatic heterocycles. The summed E-state index contributed by atoms with van der Waals surface area (Å²) in [5, 5.41) is 39.9. The molecule has 0 aliphatic carbocycles. The molecule has 518 valence electrons. The molecule has 3 unspecified atom stereocenters. The highest BCUT2D eigenvalue weighted by atomic mass is 31.2. The van der Waals surface area contributed by atoms with Gasteiger partial charge in [-0.2, -0.15) is 0 Å². The van der Waals surface area contributed by atoms with Gasteiger partial charge in [0.15, 0.2) is 12.4 Å². The SMILES string of the molecule is CCCCCCCCCCCCCCCC(=O)OC[C@H](COP(=O)(O)OCCNC(=O)[C@H](C)N(CC(C)O[C@H]1[C@H](O)[C@@H](CO)O[C@H](O)[C@@H]1NC(=O)c1ccccc1)C(=O)CC[C@@H](NC(=O)C(N)CC)C(N)=O)OC(=O)CCCCCCCCCCCCCCC. The molecule has 5 amide bonds. The third-order valence-electron chi connectivity index (χ3n) is 16.1. The second kappa shape index (κ2) is 49.0. The van der Waals surface area contributed by atoms with Gasteiger partial charge in [0.1, 0.15) is 43.0 Å². The molecule has 11 atom stereocenters. The number of aliphatic hydroxyl groups excluding tert-OH is 3. The Kier molecular flexibility index (Phi) is 44.4. The lowest BCUT2D eigenvalue weighted by Crippen LogP contribution is -2.65. The normalized spacial score (nSPS) is 18.9. The van der Waals surface area contributed by atoms with Crippen LogP contribution in [0.15, 0.2) is 30.3 Å². The van der Waals surface area contributed by atoms with Crippen LogP contribution in [-0.2, 0) is 61.3 Å². The Labute approximate surface area is 536 Å². The molecule has 0 saturated carbocycles. The van der Waals surface area contributed by atoms with E-state index in [-0.39, 0.29) is 31.2 Å². The van der Waals surface area contributed by atoms with Gasteiger partial charge in [-0.15, -0.1) is 0 Å². The number of hydrogen-bond acceptors (Lipinski definition) is 18. The molecular formula is C65H115N6O18P. The van der Waals surface area contributed by atoms with Crippen molar-refractivity contribution in [1.82, 2.24) is 20.9 Å². The van der Waals surface area contributed by atoms with Gasteiger partial charge in [-0.25, -0.2) is 4.57 Å². The van der Waals surface area contributed by atoms with Crippen molar-refractivity contribution < 1.29 is 86.3 Å². The van der Waals surface area contributed by atoms with Crippen LogP contribution in [0.4, 0.5) is 0 Å². The fourth-order valence-corrected chi connectivity index (χ4v) is 11.2. The average molecular weight is 1300 g/mol. The van der Waals surface area contributed by atoms with Crippen molar-refractivity contribution in [2.24, 2.45) is 11.5 Å². The molecule has 0 bridgehead atoms. The van der Waals surface area contributed by atoms with Crippen LogP contribution in [0.25, 0.3) is 0 Å². The van der Waals surface area contributed by atoms with Crippen LogP contribution in [0.1, 0.15) is 244 Å². The zero-order chi connectivity index (χ0) is 66.5. The van der Waals surface area contributed by atoms with Crippen molar-refractivity contribution in [3.8, 4) is 0 Å². The van der Waals surface area contributed by atoms with Crippen molar-refractivity contribution in [3.05, 3.63) is 35.9 Å². The summed E-state index contributed by atoms with van der Waals surface area (Å²) in [6.07, 6.45) is 20.8. The number of nitrogens with zero attached hydrogens (tertiary/aromatic N) is 1. The number of nitrogens with two attached hydrogens (primary N) is 2. The predicted octanol–water partition coefficient (Wildman–Crippen LogP) is 8.00. The van der Waals surface area contributed by atoms with Gasteiger partial charge in [-0.1, -0.05) is 193 Å². The van der Waals surface area contributed by atoms with Crippen LogP contribution < -0.4 is 27.4 Å². The van der Waals surface area contributed by atoms with E-state index in [4.69, 9.17) is 39.5 Å². The van der Waals surface area contributed by atoms with Gasteiger partial charge in [-0.05, 0) is 51.7 Å². The van der Waals surface area contributed by atoms with Crippen LogP contribution in [0.5, 0.6) is 0 Å². The second-order valence-corrected chi connectivity index (χ2v) is 25.4. The molecule has 11 N–H and O–H groups in total. The van der Waals surface area contributed by atoms with Gasteiger partial charge in [0.05, 0.1) is 32.0 Å². The van der Waals surface area contributed by atoms with Crippen molar-refractivity contribution in [3.63, 3.8) is 0 Å². The Hall–Kier alpha value is -4.62. The average Bonchev–Trinajstić information content (AvgIpc) is 1.02. The van der Waals surface area contributed by atoms with E-state index in [1.54, 1.807) is 25.1 Å². The summed E-state index contributed by atoms with van der Waals surface area (Å²) in [6.45, 7) is 5.70. The maximum Gasteiger partial charge on any atom is 0.472 e. The summed E-state index contributed by atoms with van der Waals surface area (Å²) in [5.74, 6) is -4.91. The van der Waals surface area contributed by atoms with Crippen LogP contribution in [0, 0.1) is 0 Å². The van der Waals surface area contributed by atoms with E-state index < -0.39 is 156 Å². The third kappa shape index (κ3) is 36.0. The maximum absolute atomic E-state index is 14.2. The number of ether oxygens (including phenoxy) is 4. The number of carbonyl (C=O) groups excluding carboxylic acids is 7. The first kappa shape index (κ1) is 81.5. The van der Waals surface area contributed by atoms with Gasteiger partial charge < -0.3 is 71.5 Å². The Balaban J connectivity index is 2.11. The van der Waals surface area contributed by atoms with E-state index in [1.165, 1.54) is 129 Å². The smallest absolute Gasteiger partial charge is 0.462 e. The molecule has 0 radical (unpaired) electrons. The summed E-state index contributed by atoms with van der Waals surface area (Å²) < 4.78 is 46.3. The zero-order valence-corrected chi connectivity index (χ0v) is 55.8. The monoisotopic (exact) mass is 1300 g/mol. The molecule has 1 aromatic rings. The number of esters is 2. The van der Waals surface area contributed by atoms with Gasteiger partial charge in [-0.3, -0.25) is 42.6 Å². The molecule has 1 saturated heterocycles. The van der Waals surface area contributed by atoms with Crippen molar-refractivity contribution in [2.75, 3.05) is 39.5 Å². The summed E-state index contributed by atoms with van der Waals surface area (Å²) in [4.78, 5) is 104. The molecule has 25 heteroatoms. The van der Waals surface area contributed by atoms with Gasteiger partial charge in [0, 0.05) is 37.9 Å². The number of nitrogens with one attached hydrogen (secondary N) is 3. The lowest BCUT2D eigenvalue weighted by molar-refractivity contribution is -0.267. The molecular weight excluding hydrogens is 1180 g/mol. The number of phosphoric acid groups is 1. The Morgan fingerprint density at radius 2 is 1.20 bits per heavy atom. The number of phosphoric ester groups is 1. The summed E-state index contributed by atoms with van der Waals surface area (Å²) in [7, 11) is -4.91. The molecule has 1 fully saturated rings. The van der Waals surface area contributed by atoms with Crippen molar-refractivity contribution >= 4 is 49.3 Å². The largest absolute Gasteiger partial charge is 0.472 e. The number of amides is 5. The van der Waals surface area contributed by atoms with Gasteiger partial charge in [0.2, 0.25) is 23.6 Å². The fraction of sp³-hybridized carbons (Fsp3) is 0.800. The summed E-state index contributed by atoms with van der Waals surface area (Å²) in [6, 6.07) is 2.91. The molecule has 1 aliphatic rings. The number of carbonyl (C=O) groups is 7. The quantitative estimate of drug-likeness (QED) is 0.0169. The summed E-state index contributed by atoms with van der Waals surface area (Å²) >= 11 is 0. The zero-order valence-electron chi connectivity index (χ0n) is 54.9. The number of hydrogen-bond donors (Lipinski definition) is 9.